The van der Waals surface area contributed by atoms with Crippen LogP contribution in [0.25, 0.3) is 10.4 Å². The number of thiophene rings is 1. The van der Waals surface area contributed by atoms with Gasteiger partial charge in [-0.05, 0) is 55.0 Å². The number of nitrogens with one attached hydrogen (secondary N) is 1. The van der Waals surface area contributed by atoms with E-state index in [4.69, 9.17) is 23.2 Å². The summed E-state index contributed by atoms with van der Waals surface area (Å²) in [5.41, 5.74) is 0.639. The van der Waals surface area contributed by atoms with Gasteiger partial charge in [0, 0.05) is 15.5 Å². The van der Waals surface area contributed by atoms with Crippen LogP contribution in [-0.4, -0.2) is 17.7 Å². The molecule has 5 nitrogen and oxygen atoms in total. The van der Waals surface area contributed by atoms with Crippen LogP contribution in [0, 0.1) is 0 Å². The van der Waals surface area contributed by atoms with Crippen molar-refractivity contribution in [1.82, 2.24) is 0 Å². The predicted octanol–water partition coefficient (Wildman–Crippen LogP) is 2.18. The molecule has 150 valence electrons. The number of carbonyl (C=O) groups excluding carboxylic acids is 3. The van der Waals surface area contributed by atoms with Crippen LogP contribution in [0.2, 0.25) is 10.0 Å². The number of halogens is 2. The second kappa shape index (κ2) is 10.8. The van der Waals surface area contributed by atoms with Crippen LogP contribution in [0.3, 0.4) is 0 Å². The molecule has 0 spiro atoms. The van der Waals surface area contributed by atoms with E-state index in [0.717, 1.165) is 4.88 Å². The molecule has 0 aliphatic carbocycles. The Morgan fingerprint density at radius 1 is 0.967 bits per heavy atom. The van der Waals surface area contributed by atoms with E-state index in [9.17, 15) is 19.5 Å². The van der Waals surface area contributed by atoms with Gasteiger partial charge in [-0.15, -0.1) is 11.3 Å². The van der Waals surface area contributed by atoms with Crippen molar-refractivity contribution in [2.24, 2.45) is 0 Å². The number of benzene rings is 2. The number of anilines is 1. The van der Waals surface area contributed by atoms with E-state index in [1.165, 1.54) is 48.6 Å². The Bertz CT molecular complexity index is 1110. The molecule has 0 aliphatic heterocycles. The van der Waals surface area contributed by atoms with Crippen LogP contribution in [0.15, 0.2) is 48.5 Å². The minimum absolute atomic E-state index is 0. The van der Waals surface area contributed by atoms with Gasteiger partial charge in [0.2, 0.25) is 0 Å². The Morgan fingerprint density at radius 2 is 1.67 bits per heavy atom. The predicted molar refractivity (Wildman–Crippen MR) is 115 cm³/mol. The van der Waals surface area contributed by atoms with Gasteiger partial charge >= 0.3 is 18.9 Å². The van der Waals surface area contributed by atoms with Gasteiger partial charge in [0.25, 0.3) is 5.91 Å². The number of amides is 1. The van der Waals surface area contributed by atoms with E-state index < -0.39 is 11.9 Å². The summed E-state index contributed by atoms with van der Waals surface area (Å²) in [6.07, 6.45) is 0. The minimum Gasteiger partial charge on any atom is -0.545 e. The largest absolute Gasteiger partial charge is 1.00 e. The average molecular weight is 456 g/mol. The number of carbonyl (C=O) groups is 3. The van der Waals surface area contributed by atoms with Crippen molar-refractivity contribution in [3.8, 4) is 10.4 Å². The molecule has 9 heteroatoms. The van der Waals surface area contributed by atoms with Crippen LogP contribution in [-0.2, 0) is 0 Å². The molecule has 0 aliphatic rings. The summed E-state index contributed by atoms with van der Waals surface area (Å²) in [6.45, 7) is 1.46. The maximum absolute atomic E-state index is 12.5. The molecule has 0 atom stereocenters. The van der Waals surface area contributed by atoms with Gasteiger partial charge < -0.3 is 15.2 Å². The molecule has 0 bridgehead atoms. The number of hydrogen-bond donors (Lipinski definition) is 1. The molecule has 1 heterocycles. The molecule has 1 amide bonds. The van der Waals surface area contributed by atoms with E-state index in [2.05, 4.69) is 5.32 Å². The molecule has 0 unspecified atom stereocenters. The van der Waals surface area contributed by atoms with Gasteiger partial charge in [-0.25, -0.2) is 0 Å². The van der Waals surface area contributed by atoms with E-state index in [1.807, 2.05) is 0 Å². The first-order chi connectivity index (χ1) is 13.3. The maximum Gasteiger partial charge on any atom is 1.00 e. The molecule has 3 rings (SSSR count). The van der Waals surface area contributed by atoms with E-state index >= 15 is 0 Å². The maximum atomic E-state index is 12.5. The standard InChI is InChI=1S/C20H13Cl2NO4S.CH4.Li/c1-10(24)17-6-7-18(28-17)11-2-5-16(14(8-11)20(26)27)23-19(25)13-4-3-12(21)9-15(13)22;;/h2-9H,1H3,(H,23,25)(H,26,27);1H4;/q;;+1/p-1. The fourth-order valence-electron chi connectivity index (χ4n) is 2.52. The van der Waals surface area contributed by atoms with E-state index in [0.29, 0.717) is 15.5 Å². The number of ketones is 1. The van der Waals surface area contributed by atoms with E-state index in [1.54, 1.807) is 18.2 Å². The SMILES string of the molecule is C.CC(=O)c1ccc(-c2ccc(NC(=O)c3ccc(Cl)cc3Cl)c(C(=O)[O-])c2)s1.[Li+]. The zero-order chi connectivity index (χ0) is 20.4. The van der Waals surface area contributed by atoms with Crippen LogP contribution < -0.4 is 29.3 Å². The third-order valence-corrected chi connectivity index (χ3v) is 5.68. The number of carboxylic acid groups (broad SMARTS) is 1. The number of hydrogen-bond acceptors (Lipinski definition) is 5. The second-order valence-electron chi connectivity index (χ2n) is 5.85. The first kappa shape index (κ1) is 26.0. The molecule has 3 aromatic rings. The fraction of sp³-hybridized carbons (Fsp3) is 0.0952. The summed E-state index contributed by atoms with van der Waals surface area (Å²) in [5, 5.41) is 14.6. The minimum atomic E-state index is -1.44. The summed E-state index contributed by atoms with van der Waals surface area (Å²) in [7, 11) is 0. The van der Waals surface area contributed by atoms with Crippen molar-refractivity contribution in [3.63, 3.8) is 0 Å². The molecule has 30 heavy (non-hydrogen) atoms. The molecule has 0 fully saturated rings. The average Bonchev–Trinajstić information content (AvgIpc) is 3.12. The normalized spacial score (nSPS) is 9.83. The van der Waals surface area contributed by atoms with Gasteiger partial charge in [0.15, 0.2) is 5.78 Å². The summed E-state index contributed by atoms with van der Waals surface area (Å²) in [4.78, 5) is 36.8. The van der Waals surface area contributed by atoms with Gasteiger partial charge in [0.1, 0.15) is 0 Å². The van der Waals surface area contributed by atoms with Crippen LogP contribution >= 0.6 is 34.5 Å². The smallest absolute Gasteiger partial charge is 0.545 e. The number of Topliss-reactive ketones (excluding diaryl/α,β-unsaturated/α-hetero) is 1. The van der Waals surface area contributed by atoms with Gasteiger partial charge in [-0.3, -0.25) is 9.59 Å². The van der Waals surface area contributed by atoms with Crippen LogP contribution in [0.4, 0.5) is 5.69 Å². The zero-order valence-corrected chi connectivity index (χ0v) is 17.7. The summed E-state index contributed by atoms with van der Waals surface area (Å²) in [5.74, 6) is -2.09. The third-order valence-electron chi connectivity index (χ3n) is 3.90. The van der Waals surface area contributed by atoms with Gasteiger partial charge in [-0.1, -0.05) is 36.7 Å². The van der Waals surface area contributed by atoms with Crippen molar-refractivity contribution in [2.75, 3.05) is 5.32 Å². The van der Waals surface area contributed by atoms with Gasteiger partial charge in [-0.2, -0.15) is 0 Å². The van der Waals surface area contributed by atoms with Gasteiger partial charge in [0.05, 0.1) is 27.1 Å². The first-order valence-corrected chi connectivity index (χ1v) is 9.56. The fourth-order valence-corrected chi connectivity index (χ4v) is 3.91. The van der Waals surface area contributed by atoms with Crippen molar-refractivity contribution in [3.05, 3.63) is 74.6 Å². The van der Waals surface area contributed by atoms with Crippen molar-refractivity contribution >= 4 is 57.9 Å². The Kier molecular flexibility index (Phi) is 9.35. The Morgan fingerprint density at radius 3 is 2.23 bits per heavy atom. The number of aromatic carboxylic acids is 1. The Labute approximate surface area is 200 Å². The molecule has 1 N–H and O–H groups in total. The van der Waals surface area contributed by atoms with Crippen molar-refractivity contribution in [2.45, 2.75) is 14.4 Å². The van der Waals surface area contributed by atoms with Crippen molar-refractivity contribution < 1.29 is 38.4 Å². The quantitative estimate of drug-likeness (QED) is 0.471. The zero-order valence-electron chi connectivity index (χ0n) is 15.4. The van der Waals surface area contributed by atoms with Crippen LogP contribution in [0.5, 0.6) is 0 Å². The third kappa shape index (κ3) is 5.75. The topological polar surface area (TPSA) is 86.3 Å². The second-order valence-corrected chi connectivity index (χ2v) is 7.77. The first-order valence-electron chi connectivity index (χ1n) is 7.99. The summed E-state index contributed by atoms with van der Waals surface area (Å²) >= 11 is 13.1. The van der Waals surface area contributed by atoms with E-state index in [-0.39, 0.29) is 53.9 Å². The Hall–Kier alpha value is -2.07. The molecule has 1 aromatic heterocycles. The van der Waals surface area contributed by atoms with Crippen molar-refractivity contribution in [1.29, 1.82) is 0 Å². The molecular weight excluding hydrogens is 440 g/mol. The molecule has 0 radical (unpaired) electrons. The number of rotatable bonds is 5. The van der Waals surface area contributed by atoms with Crippen LogP contribution in [0.1, 0.15) is 44.7 Å². The summed E-state index contributed by atoms with van der Waals surface area (Å²) in [6, 6.07) is 12.3. The monoisotopic (exact) mass is 455 g/mol. The Balaban J connectivity index is 0.00000225. The molecule has 2 aromatic carbocycles. The molecule has 0 saturated heterocycles. The molecule has 0 saturated carbocycles. The molecular formula is C21H16Cl2LiNO4S. The summed E-state index contributed by atoms with van der Waals surface area (Å²) < 4.78 is 0. The number of carboxylic acids is 1.